The summed E-state index contributed by atoms with van der Waals surface area (Å²) in [6, 6.07) is 16.5. The van der Waals surface area contributed by atoms with E-state index in [2.05, 4.69) is 6.92 Å². The van der Waals surface area contributed by atoms with Crippen LogP contribution in [0.1, 0.15) is 59.7 Å². The molecule has 0 heterocycles. The molecule has 0 saturated heterocycles. The molecule has 2 aromatic rings. The summed E-state index contributed by atoms with van der Waals surface area (Å²) in [5, 5.41) is 19.7. The van der Waals surface area contributed by atoms with Gasteiger partial charge < -0.3 is 10.2 Å². The van der Waals surface area contributed by atoms with Crippen LogP contribution in [0.15, 0.2) is 54.6 Å². The molecule has 0 bridgehead atoms. The number of aliphatic hydroxyl groups excluding tert-OH is 1. The average molecular weight is 298 g/mol. The number of carboxylic acids is 1. The van der Waals surface area contributed by atoms with Crippen LogP contribution in [0.2, 0.25) is 0 Å². The maximum atomic E-state index is 11.0. The van der Waals surface area contributed by atoms with Crippen molar-refractivity contribution in [1.82, 2.24) is 0 Å². The van der Waals surface area contributed by atoms with Crippen molar-refractivity contribution in [2.45, 2.75) is 38.2 Å². The van der Waals surface area contributed by atoms with Crippen LogP contribution in [-0.4, -0.2) is 16.2 Å². The predicted octanol–water partition coefficient (Wildman–Crippen LogP) is 4.39. The van der Waals surface area contributed by atoms with Crippen molar-refractivity contribution < 1.29 is 15.0 Å². The molecule has 2 N–H and O–H groups in total. The fraction of sp³-hybridized carbons (Fsp3) is 0.316. The van der Waals surface area contributed by atoms with Gasteiger partial charge in [-0.1, -0.05) is 62.2 Å². The second kappa shape index (κ2) is 7.76. The van der Waals surface area contributed by atoms with Crippen molar-refractivity contribution in [3.05, 3.63) is 71.3 Å². The van der Waals surface area contributed by atoms with E-state index in [9.17, 15) is 9.90 Å². The van der Waals surface area contributed by atoms with Crippen molar-refractivity contribution in [3.63, 3.8) is 0 Å². The summed E-state index contributed by atoms with van der Waals surface area (Å²) in [6.45, 7) is 2.12. The zero-order chi connectivity index (χ0) is 15.9. The lowest BCUT2D eigenvalue weighted by atomic mass is 9.85. The third-order valence-electron chi connectivity index (χ3n) is 3.98. The fourth-order valence-electron chi connectivity index (χ4n) is 2.69. The van der Waals surface area contributed by atoms with E-state index in [1.54, 1.807) is 12.1 Å². The summed E-state index contributed by atoms with van der Waals surface area (Å²) in [5.74, 6) is -0.953. The first kappa shape index (κ1) is 16.2. The van der Waals surface area contributed by atoms with Crippen LogP contribution in [0.25, 0.3) is 0 Å². The second-order valence-corrected chi connectivity index (χ2v) is 5.53. The van der Waals surface area contributed by atoms with Gasteiger partial charge in [0.05, 0.1) is 11.7 Å². The minimum atomic E-state index is -0.930. The first-order valence-electron chi connectivity index (χ1n) is 7.69. The normalized spacial score (nSPS) is 13.5. The molecular formula is C19H22O3. The molecule has 0 amide bonds. The molecule has 2 aromatic carbocycles. The number of hydrogen-bond donors (Lipinski definition) is 2. The Hall–Kier alpha value is -2.13. The van der Waals surface area contributed by atoms with E-state index in [0.717, 1.165) is 30.4 Å². The summed E-state index contributed by atoms with van der Waals surface area (Å²) in [7, 11) is 0. The third-order valence-corrected chi connectivity index (χ3v) is 3.98. The van der Waals surface area contributed by atoms with Gasteiger partial charge in [0.15, 0.2) is 0 Å². The van der Waals surface area contributed by atoms with Crippen LogP contribution in [0, 0.1) is 0 Å². The highest BCUT2D eigenvalue weighted by Gasteiger charge is 2.22. The zero-order valence-corrected chi connectivity index (χ0v) is 12.8. The Morgan fingerprint density at radius 1 is 1.00 bits per heavy atom. The number of carbonyl (C=O) groups is 1. The van der Waals surface area contributed by atoms with Gasteiger partial charge in [-0.3, -0.25) is 0 Å². The Kier molecular flexibility index (Phi) is 5.73. The van der Waals surface area contributed by atoms with Gasteiger partial charge in [-0.25, -0.2) is 4.79 Å². The fourth-order valence-corrected chi connectivity index (χ4v) is 2.69. The quantitative estimate of drug-likeness (QED) is 0.797. The first-order chi connectivity index (χ1) is 10.6. The molecule has 0 aliphatic heterocycles. The van der Waals surface area contributed by atoms with E-state index >= 15 is 0 Å². The highest BCUT2D eigenvalue weighted by Crippen LogP contribution is 2.35. The molecule has 2 rings (SSSR count). The highest BCUT2D eigenvalue weighted by molar-refractivity contribution is 5.87. The van der Waals surface area contributed by atoms with Crippen LogP contribution < -0.4 is 0 Å². The Morgan fingerprint density at radius 3 is 2.18 bits per heavy atom. The molecule has 2 unspecified atom stereocenters. The summed E-state index contributed by atoms with van der Waals surface area (Å²) >= 11 is 0. The van der Waals surface area contributed by atoms with E-state index in [0.29, 0.717) is 0 Å². The lowest BCUT2D eigenvalue weighted by Gasteiger charge is -2.24. The number of carboxylic acid groups (broad SMARTS) is 1. The summed E-state index contributed by atoms with van der Waals surface area (Å²) < 4.78 is 0. The van der Waals surface area contributed by atoms with E-state index in [1.807, 2.05) is 42.5 Å². The SMILES string of the molecule is CCCCC(c1ccc(C(=O)O)cc1)C(O)c1ccccc1. The smallest absolute Gasteiger partial charge is 0.335 e. The molecule has 0 spiro atoms. The van der Waals surface area contributed by atoms with Gasteiger partial charge in [-0.05, 0) is 29.7 Å². The van der Waals surface area contributed by atoms with Crippen molar-refractivity contribution in [2.24, 2.45) is 0 Å². The maximum absolute atomic E-state index is 11.0. The lowest BCUT2D eigenvalue weighted by molar-refractivity contribution is 0.0697. The molecule has 0 saturated carbocycles. The zero-order valence-electron chi connectivity index (χ0n) is 12.8. The van der Waals surface area contributed by atoms with Gasteiger partial charge in [0.2, 0.25) is 0 Å². The molecule has 0 radical (unpaired) electrons. The number of benzene rings is 2. The number of aliphatic hydroxyl groups is 1. The number of unbranched alkanes of at least 4 members (excludes halogenated alkanes) is 1. The van der Waals surface area contributed by atoms with Crippen LogP contribution in [0.3, 0.4) is 0 Å². The van der Waals surface area contributed by atoms with Gasteiger partial charge in [-0.15, -0.1) is 0 Å². The molecule has 3 nitrogen and oxygen atoms in total. The van der Waals surface area contributed by atoms with Crippen molar-refractivity contribution in [3.8, 4) is 0 Å². The van der Waals surface area contributed by atoms with Gasteiger partial charge in [-0.2, -0.15) is 0 Å². The Labute approximate surface area is 131 Å². The predicted molar refractivity (Wildman–Crippen MR) is 87.1 cm³/mol. The molecule has 116 valence electrons. The van der Waals surface area contributed by atoms with E-state index < -0.39 is 12.1 Å². The maximum Gasteiger partial charge on any atom is 0.335 e. The number of rotatable bonds is 7. The lowest BCUT2D eigenvalue weighted by Crippen LogP contribution is -2.11. The first-order valence-corrected chi connectivity index (χ1v) is 7.69. The largest absolute Gasteiger partial charge is 0.478 e. The standard InChI is InChI=1S/C19H22O3/c1-2-3-9-17(18(20)15-7-5-4-6-8-15)14-10-12-16(13-11-14)19(21)22/h4-8,10-13,17-18,20H,2-3,9H2,1H3,(H,21,22). The molecule has 2 atom stereocenters. The summed E-state index contributed by atoms with van der Waals surface area (Å²) in [4.78, 5) is 11.0. The van der Waals surface area contributed by atoms with E-state index in [-0.39, 0.29) is 11.5 Å². The van der Waals surface area contributed by atoms with Gasteiger partial charge >= 0.3 is 5.97 Å². The summed E-state index contributed by atoms with van der Waals surface area (Å²) in [5.41, 5.74) is 2.15. The molecule has 0 aromatic heterocycles. The van der Waals surface area contributed by atoms with Crippen molar-refractivity contribution >= 4 is 5.97 Å². The summed E-state index contributed by atoms with van der Waals surface area (Å²) in [6.07, 6.45) is 2.38. The van der Waals surface area contributed by atoms with Gasteiger partial charge in [0, 0.05) is 5.92 Å². The Morgan fingerprint density at radius 2 is 1.64 bits per heavy atom. The van der Waals surface area contributed by atoms with Crippen LogP contribution in [0.4, 0.5) is 0 Å². The molecule has 0 aliphatic carbocycles. The van der Waals surface area contributed by atoms with Gasteiger partial charge in [0.25, 0.3) is 0 Å². The van der Waals surface area contributed by atoms with E-state index in [1.165, 1.54) is 0 Å². The van der Waals surface area contributed by atoms with Crippen LogP contribution in [-0.2, 0) is 0 Å². The van der Waals surface area contributed by atoms with Crippen LogP contribution >= 0.6 is 0 Å². The van der Waals surface area contributed by atoms with Crippen molar-refractivity contribution in [1.29, 1.82) is 0 Å². The topological polar surface area (TPSA) is 57.5 Å². The minimum Gasteiger partial charge on any atom is -0.478 e. The molecule has 0 fully saturated rings. The number of hydrogen-bond acceptors (Lipinski definition) is 2. The Bertz CT molecular complexity index is 590. The monoisotopic (exact) mass is 298 g/mol. The molecular weight excluding hydrogens is 276 g/mol. The minimum absolute atomic E-state index is 0.0230. The average Bonchev–Trinajstić information content (AvgIpc) is 2.56. The van der Waals surface area contributed by atoms with E-state index in [4.69, 9.17) is 5.11 Å². The molecule has 22 heavy (non-hydrogen) atoms. The van der Waals surface area contributed by atoms with Crippen LogP contribution in [0.5, 0.6) is 0 Å². The number of aromatic carboxylic acids is 1. The Balaban J connectivity index is 2.27. The third kappa shape index (κ3) is 3.95. The van der Waals surface area contributed by atoms with Gasteiger partial charge in [0.1, 0.15) is 0 Å². The molecule has 3 heteroatoms. The second-order valence-electron chi connectivity index (χ2n) is 5.53. The van der Waals surface area contributed by atoms with Crippen molar-refractivity contribution in [2.75, 3.05) is 0 Å². The highest BCUT2D eigenvalue weighted by atomic mass is 16.4. The molecule has 0 aliphatic rings.